The third-order valence-corrected chi connectivity index (χ3v) is 2.92. The van der Waals surface area contributed by atoms with Gasteiger partial charge in [0.05, 0.1) is 6.54 Å². The van der Waals surface area contributed by atoms with Crippen LogP contribution in [0.5, 0.6) is 0 Å². The Morgan fingerprint density at radius 1 is 1.28 bits per heavy atom. The molecule has 4 heteroatoms. The maximum atomic E-state index is 13.1. The molecule has 0 amide bonds. The second kappa shape index (κ2) is 5.14. The number of nitrogens with zero attached hydrogens (tertiary/aromatic N) is 1. The molecule has 0 aliphatic heterocycles. The van der Waals surface area contributed by atoms with Gasteiger partial charge in [-0.05, 0) is 30.7 Å². The molecule has 2 N–H and O–H groups in total. The van der Waals surface area contributed by atoms with E-state index < -0.39 is 0 Å². The van der Waals surface area contributed by atoms with Crippen LogP contribution in [0.3, 0.4) is 0 Å². The van der Waals surface area contributed by atoms with Gasteiger partial charge in [-0.2, -0.15) is 0 Å². The quantitative estimate of drug-likeness (QED) is 0.897. The molecular formula is C14H15FN2O. The van der Waals surface area contributed by atoms with E-state index >= 15 is 0 Å². The van der Waals surface area contributed by atoms with Gasteiger partial charge in [-0.15, -0.1) is 0 Å². The van der Waals surface area contributed by atoms with Gasteiger partial charge in [0.2, 0.25) is 0 Å². The summed E-state index contributed by atoms with van der Waals surface area (Å²) in [5.74, 6) is -0.298. The van der Waals surface area contributed by atoms with Crippen LogP contribution in [0.15, 0.2) is 41.2 Å². The molecular weight excluding hydrogens is 231 g/mol. The molecule has 2 rings (SSSR count). The highest BCUT2D eigenvalue weighted by molar-refractivity contribution is 5.20. The Labute approximate surface area is 105 Å². The highest BCUT2D eigenvalue weighted by Crippen LogP contribution is 2.07. The second-order valence-corrected chi connectivity index (χ2v) is 4.23. The molecule has 0 aliphatic carbocycles. The zero-order valence-electron chi connectivity index (χ0n) is 10.2. The summed E-state index contributed by atoms with van der Waals surface area (Å²) in [6.07, 6.45) is 0. The third-order valence-electron chi connectivity index (χ3n) is 2.92. The number of halogens is 1. The van der Waals surface area contributed by atoms with E-state index in [2.05, 4.69) is 0 Å². The smallest absolute Gasteiger partial charge is 0.255 e. The van der Waals surface area contributed by atoms with Crippen LogP contribution in [-0.4, -0.2) is 4.57 Å². The number of hydrogen-bond donors (Lipinski definition) is 1. The van der Waals surface area contributed by atoms with Crippen molar-refractivity contribution in [2.45, 2.75) is 20.0 Å². The Morgan fingerprint density at radius 2 is 2.06 bits per heavy atom. The van der Waals surface area contributed by atoms with Crippen LogP contribution in [0.4, 0.5) is 4.39 Å². The molecule has 0 fully saturated rings. The highest BCUT2D eigenvalue weighted by Gasteiger charge is 2.06. The van der Waals surface area contributed by atoms with Crippen molar-refractivity contribution < 1.29 is 4.39 Å². The monoisotopic (exact) mass is 246 g/mol. The van der Waals surface area contributed by atoms with Gasteiger partial charge in [0, 0.05) is 17.8 Å². The third kappa shape index (κ3) is 2.49. The van der Waals surface area contributed by atoms with Gasteiger partial charge in [-0.25, -0.2) is 4.39 Å². The Bertz CT molecular complexity index is 619. The number of aryl methyl sites for hydroxylation is 1. The molecule has 0 spiro atoms. The van der Waals surface area contributed by atoms with E-state index in [1.165, 1.54) is 12.1 Å². The maximum absolute atomic E-state index is 13.1. The zero-order chi connectivity index (χ0) is 13.1. The average molecular weight is 246 g/mol. The van der Waals surface area contributed by atoms with Crippen molar-refractivity contribution in [2.75, 3.05) is 0 Å². The molecule has 0 atom stereocenters. The van der Waals surface area contributed by atoms with Crippen molar-refractivity contribution in [3.63, 3.8) is 0 Å². The molecule has 0 bridgehead atoms. The first-order valence-corrected chi connectivity index (χ1v) is 5.75. The largest absolute Gasteiger partial charge is 0.326 e. The van der Waals surface area contributed by atoms with E-state index in [0.29, 0.717) is 12.1 Å². The molecule has 0 saturated heterocycles. The van der Waals surface area contributed by atoms with E-state index in [1.807, 2.05) is 13.0 Å². The molecule has 0 saturated carbocycles. The van der Waals surface area contributed by atoms with Crippen LogP contribution < -0.4 is 11.3 Å². The lowest BCUT2D eigenvalue weighted by molar-refractivity contribution is 0.621. The molecule has 94 valence electrons. The molecule has 1 aromatic heterocycles. The normalized spacial score (nSPS) is 10.6. The van der Waals surface area contributed by atoms with Gasteiger partial charge in [0.1, 0.15) is 5.82 Å². The van der Waals surface area contributed by atoms with Crippen LogP contribution >= 0.6 is 0 Å². The second-order valence-electron chi connectivity index (χ2n) is 4.23. The summed E-state index contributed by atoms with van der Waals surface area (Å²) in [5, 5.41) is 0. The fourth-order valence-corrected chi connectivity index (χ4v) is 1.89. The fraction of sp³-hybridized carbons (Fsp3) is 0.214. The zero-order valence-corrected chi connectivity index (χ0v) is 10.2. The maximum Gasteiger partial charge on any atom is 0.255 e. The van der Waals surface area contributed by atoms with Crippen molar-refractivity contribution in [3.8, 4) is 0 Å². The summed E-state index contributed by atoms with van der Waals surface area (Å²) in [4.78, 5) is 12.1. The van der Waals surface area contributed by atoms with Crippen molar-refractivity contribution in [2.24, 2.45) is 5.73 Å². The van der Waals surface area contributed by atoms with E-state index in [4.69, 9.17) is 5.73 Å². The molecule has 18 heavy (non-hydrogen) atoms. The van der Waals surface area contributed by atoms with Crippen LogP contribution in [0, 0.1) is 12.7 Å². The molecule has 0 unspecified atom stereocenters. The van der Waals surface area contributed by atoms with E-state index in [0.717, 1.165) is 11.3 Å². The molecule has 2 aromatic rings. The summed E-state index contributed by atoms with van der Waals surface area (Å²) in [6, 6.07) is 9.83. The van der Waals surface area contributed by atoms with Crippen LogP contribution in [-0.2, 0) is 13.1 Å². The Balaban J connectivity index is 2.43. The SMILES string of the molecule is Cc1ccc(CN)c(=O)n1Cc1cccc(F)c1. The van der Waals surface area contributed by atoms with Crippen LogP contribution in [0.25, 0.3) is 0 Å². The van der Waals surface area contributed by atoms with Crippen molar-refractivity contribution in [1.82, 2.24) is 4.57 Å². The van der Waals surface area contributed by atoms with Crippen molar-refractivity contribution in [1.29, 1.82) is 0 Å². The van der Waals surface area contributed by atoms with E-state index in [1.54, 1.807) is 22.8 Å². The van der Waals surface area contributed by atoms with Crippen LogP contribution in [0.2, 0.25) is 0 Å². The molecule has 3 nitrogen and oxygen atoms in total. The predicted octanol–water partition coefficient (Wildman–Crippen LogP) is 1.80. The first-order chi connectivity index (χ1) is 8.61. The van der Waals surface area contributed by atoms with Crippen LogP contribution in [0.1, 0.15) is 16.8 Å². The minimum atomic E-state index is -0.298. The average Bonchev–Trinajstić information content (AvgIpc) is 2.35. The Kier molecular flexibility index (Phi) is 3.58. The van der Waals surface area contributed by atoms with Gasteiger partial charge < -0.3 is 10.3 Å². The molecule has 0 radical (unpaired) electrons. The van der Waals surface area contributed by atoms with E-state index in [-0.39, 0.29) is 17.9 Å². The first-order valence-electron chi connectivity index (χ1n) is 5.75. The topological polar surface area (TPSA) is 48.0 Å². The minimum absolute atomic E-state index is 0.109. The van der Waals surface area contributed by atoms with Gasteiger partial charge in [-0.3, -0.25) is 4.79 Å². The number of benzene rings is 1. The summed E-state index contributed by atoms with van der Waals surface area (Å²) >= 11 is 0. The van der Waals surface area contributed by atoms with Crippen molar-refractivity contribution >= 4 is 0 Å². The number of nitrogens with two attached hydrogens (primary N) is 1. The molecule has 0 aliphatic rings. The summed E-state index contributed by atoms with van der Waals surface area (Å²) < 4.78 is 14.7. The van der Waals surface area contributed by atoms with E-state index in [9.17, 15) is 9.18 Å². The van der Waals surface area contributed by atoms with Gasteiger partial charge in [0.25, 0.3) is 5.56 Å². The highest BCUT2D eigenvalue weighted by atomic mass is 19.1. The predicted molar refractivity (Wildman–Crippen MR) is 68.8 cm³/mol. The van der Waals surface area contributed by atoms with Crippen molar-refractivity contribution in [3.05, 3.63) is 69.4 Å². The lowest BCUT2D eigenvalue weighted by Crippen LogP contribution is -2.27. The Morgan fingerprint density at radius 3 is 2.72 bits per heavy atom. The molecule has 1 aromatic carbocycles. The number of hydrogen-bond acceptors (Lipinski definition) is 2. The fourth-order valence-electron chi connectivity index (χ4n) is 1.89. The Hall–Kier alpha value is -1.94. The molecule has 1 heterocycles. The van der Waals surface area contributed by atoms with Gasteiger partial charge >= 0.3 is 0 Å². The first kappa shape index (κ1) is 12.5. The lowest BCUT2D eigenvalue weighted by Gasteiger charge is -2.11. The summed E-state index contributed by atoms with van der Waals surface area (Å²) in [6.45, 7) is 2.42. The van der Waals surface area contributed by atoms with Gasteiger partial charge in [-0.1, -0.05) is 18.2 Å². The number of pyridine rings is 1. The van der Waals surface area contributed by atoms with Gasteiger partial charge in [0.15, 0.2) is 0 Å². The summed E-state index contributed by atoms with van der Waals surface area (Å²) in [7, 11) is 0. The number of rotatable bonds is 3. The minimum Gasteiger partial charge on any atom is -0.326 e. The summed E-state index contributed by atoms with van der Waals surface area (Å²) in [5.41, 5.74) is 7.56. The standard InChI is InChI=1S/C14H15FN2O/c1-10-5-6-12(8-16)14(18)17(10)9-11-3-2-4-13(15)7-11/h2-7H,8-9,16H2,1H3. The number of aromatic nitrogens is 1. The lowest BCUT2D eigenvalue weighted by atomic mass is 10.2.